The molecule has 4 rings (SSSR count). The van der Waals surface area contributed by atoms with Gasteiger partial charge in [-0.15, -0.1) is 0 Å². The van der Waals surface area contributed by atoms with Gasteiger partial charge in [-0.25, -0.2) is 0 Å². The van der Waals surface area contributed by atoms with Gasteiger partial charge in [0, 0.05) is 48.8 Å². The van der Waals surface area contributed by atoms with Crippen LogP contribution in [0.25, 0.3) is 17.0 Å². The summed E-state index contributed by atoms with van der Waals surface area (Å²) < 4.78 is 5.62. The van der Waals surface area contributed by atoms with Crippen LogP contribution in [0.15, 0.2) is 53.1 Å². The Bertz CT molecular complexity index is 1090. The van der Waals surface area contributed by atoms with Crippen LogP contribution >= 0.6 is 0 Å². The van der Waals surface area contributed by atoms with Crippen LogP contribution in [-0.2, 0) is 11.3 Å². The normalized spacial score (nSPS) is 21.5. The molecule has 0 amide bonds. The lowest BCUT2D eigenvalue weighted by Crippen LogP contribution is -2.49. The molecule has 1 aromatic heterocycles. The van der Waals surface area contributed by atoms with Crippen LogP contribution in [0.3, 0.4) is 0 Å². The van der Waals surface area contributed by atoms with Crippen LogP contribution in [0.1, 0.15) is 37.8 Å². The summed E-state index contributed by atoms with van der Waals surface area (Å²) in [7, 11) is 0. The number of aromatic nitrogens is 2. The summed E-state index contributed by atoms with van der Waals surface area (Å²) >= 11 is 0. The van der Waals surface area contributed by atoms with Crippen LogP contribution in [0.2, 0.25) is 0 Å². The third kappa shape index (κ3) is 5.31. The monoisotopic (exact) mass is 448 g/mol. The van der Waals surface area contributed by atoms with Gasteiger partial charge in [-0.05, 0) is 25.0 Å². The SMILES string of the molecule is C/C=C\C1C=C(c2nc(-c3ccc(CN4CC(C(=O)O)C4)cc3C)no2)C=CC1NC(C)C. The Labute approximate surface area is 194 Å². The van der Waals surface area contributed by atoms with Crippen LogP contribution in [0.5, 0.6) is 0 Å². The lowest BCUT2D eigenvalue weighted by Gasteiger charge is -2.36. The van der Waals surface area contributed by atoms with E-state index in [-0.39, 0.29) is 17.9 Å². The van der Waals surface area contributed by atoms with E-state index in [2.05, 4.69) is 70.6 Å². The average molecular weight is 449 g/mol. The summed E-state index contributed by atoms with van der Waals surface area (Å²) in [4.78, 5) is 17.8. The van der Waals surface area contributed by atoms with Crippen molar-refractivity contribution >= 4 is 11.5 Å². The zero-order chi connectivity index (χ0) is 23.5. The molecular weight excluding hydrogens is 416 g/mol. The number of allylic oxidation sites excluding steroid dienone is 3. The van der Waals surface area contributed by atoms with Crippen LogP contribution in [0.4, 0.5) is 0 Å². The van der Waals surface area contributed by atoms with Gasteiger partial charge in [0.05, 0.1) is 5.92 Å². The topological polar surface area (TPSA) is 91.5 Å². The number of nitrogens with one attached hydrogen (secondary N) is 1. The minimum absolute atomic E-state index is 0.219. The fourth-order valence-electron chi connectivity index (χ4n) is 4.43. The molecule has 174 valence electrons. The molecule has 1 aliphatic heterocycles. The molecule has 0 bridgehead atoms. The first-order valence-corrected chi connectivity index (χ1v) is 11.5. The highest BCUT2D eigenvalue weighted by Gasteiger charge is 2.32. The smallest absolute Gasteiger partial charge is 0.309 e. The zero-order valence-electron chi connectivity index (χ0n) is 19.7. The lowest BCUT2D eigenvalue weighted by atomic mass is 9.90. The Hall–Kier alpha value is -3.03. The summed E-state index contributed by atoms with van der Waals surface area (Å²) in [6.45, 7) is 10.3. The second kappa shape index (κ2) is 9.85. The van der Waals surface area contributed by atoms with Gasteiger partial charge in [0.15, 0.2) is 0 Å². The molecule has 2 aromatic rings. The Morgan fingerprint density at radius 3 is 2.82 bits per heavy atom. The number of aryl methyl sites for hydroxylation is 1. The van der Waals surface area contributed by atoms with E-state index in [1.54, 1.807) is 0 Å². The van der Waals surface area contributed by atoms with E-state index in [1.165, 1.54) is 0 Å². The predicted molar refractivity (Wildman–Crippen MR) is 128 cm³/mol. The van der Waals surface area contributed by atoms with Crippen molar-refractivity contribution in [3.05, 3.63) is 65.6 Å². The van der Waals surface area contributed by atoms with Crippen molar-refractivity contribution in [1.29, 1.82) is 0 Å². The summed E-state index contributed by atoms with van der Waals surface area (Å²) in [6, 6.07) is 6.81. The molecule has 1 fully saturated rings. The molecule has 1 saturated heterocycles. The zero-order valence-corrected chi connectivity index (χ0v) is 19.7. The number of likely N-dealkylation sites (tertiary alicyclic amines) is 1. The third-order valence-corrected chi connectivity index (χ3v) is 6.13. The average Bonchev–Trinajstić information content (AvgIpc) is 3.21. The van der Waals surface area contributed by atoms with E-state index in [4.69, 9.17) is 9.63 Å². The van der Waals surface area contributed by atoms with Gasteiger partial charge in [0.1, 0.15) is 0 Å². The Balaban J connectivity index is 1.47. The Morgan fingerprint density at radius 1 is 1.36 bits per heavy atom. The van der Waals surface area contributed by atoms with Gasteiger partial charge in [-0.1, -0.05) is 67.6 Å². The molecule has 2 unspecified atom stereocenters. The van der Waals surface area contributed by atoms with Crippen molar-refractivity contribution in [2.75, 3.05) is 13.1 Å². The number of carboxylic acids is 1. The summed E-state index contributed by atoms with van der Waals surface area (Å²) in [5, 5.41) is 16.9. The molecule has 2 N–H and O–H groups in total. The molecule has 0 radical (unpaired) electrons. The van der Waals surface area contributed by atoms with Gasteiger partial charge in [0.2, 0.25) is 5.82 Å². The van der Waals surface area contributed by atoms with Crippen molar-refractivity contribution in [3.8, 4) is 11.4 Å². The van der Waals surface area contributed by atoms with Crippen LogP contribution in [0, 0.1) is 18.8 Å². The van der Waals surface area contributed by atoms with Crippen molar-refractivity contribution in [1.82, 2.24) is 20.4 Å². The van der Waals surface area contributed by atoms with E-state index in [9.17, 15) is 4.79 Å². The summed E-state index contributed by atoms with van der Waals surface area (Å²) in [5.41, 5.74) is 4.08. The minimum atomic E-state index is -0.711. The minimum Gasteiger partial charge on any atom is -0.481 e. The van der Waals surface area contributed by atoms with Gasteiger partial charge < -0.3 is 14.9 Å². The molecular formula is C26H32N4O3. The van der Waals surface area contributed by atoms with E-state index in [1.807, 2.05) is 26.0 Å². The standard InChI is InChI=1S/C26H32N4O3/c1-5-6-19-12-20(8-10-23(19)27-16(2)3)25-28-24(29-33-25)22-9-7-18(11-17(22)4)13-30-14-21(15-30)26(31)32/h5-12,16,19,21,23,27H,13-15H2,1-4H3,(H,31,32)/b6-5-. The number of nitrogens with zero attached hydrogens (tertiary/aromatic N) is 3. The first-order chi connectivity index (χ1) is 15.8. The van der Waals surface area contributed by atoms with E-state index >= 15 is 0 Å². The van der Waals surface area contributed by atoms with Crippen molar-refractivity contribution in [3.63, 3.8) is 0 Å². The van der Waals surface area contributed by atoms with E-state index < -0.39 is 5.97 Å². The van der Waals surface area contributed by atoms with E-state index in [0.717, 1.165) is 28.8 Å². The molecule has 0 spiro atoms. The maximum atomic E-state index is 11.0. The maximum absolute atomic E-state index is 11.0. The first kappa shape index (κ1) is 23.1. The van der Waals surface area contributed by atoms with E-state index in [0.29, 0.717) is 30.8 Å². The molecule has 7 nitrogen and oxygen atoms in total. The van der Waals surface area contributed by atoms with Crippen molar-refractivity contribution in [2.45, 2.75) is 46.3 Å². The van der Waals surface area contributed by atoms with Crippen LogP contribution < -0.4 is 5.32 Å². The summed E-state index contributed by atoms with van der Waals surface area (Å²) in [5.74, 6) is 0.356. The van der Waals surface area contributed by atoms with Gasteiger partial charge in [-0.2, -0.15) is 4.98 Å². The maximum Gasteiger partial charge on any atom is 0.309 e. The third-order valence-electron chi connectivity index (χ3n) is 6.13. The van der Waals surface area contributed by atoms with Gasteiger partial charge >= 0.3 is 5.97 Å². The van der Waals surface area contributed by atoms with Crippen molar-refractivity contribution in [2.24, 2.45) is 11.8 Å². The number of rotatable bonds is 8. The predicted octanol–water partition coefficient (Wildman–Crippen LogP) is 4.07. The van der Waals surface area contributed by atoms with Gasteiger partial charge in [-0.3, -0.25) is 9.69 Å². The fraction of sp³-hybridized carbons (Fsp3) is 0.423. The van der Waals surface area contributed by atoms with Crippen LogP contribution in [-0.4, -0.2) is 51.3 Å². The highest BCUT2D eigenvalue weighted by atomic mass is 16.5. The molecule has 2 aliphatic rings. The Morgan fingerprint density at radius 2 is 2.15 bits per heavy atom. The van der Waals surface area contributed by atoms with Gasteiger partial charge in [0.25, 0.3) is 5.89 Å². The number of carbonyl (C=O) groups is 1. The number of aliphatic carboxylic acids is 1. The number of benzene rings is 1. The van der Waals surface area contributed by atoms with Crippen molar-refractivity contribution < 1.29 is 14.4 Å². The molecule has 2 atom stereocenters. The highest BCUT2D eigenvalue weighted by Crippen LogP contribution is 2.29. The summed E-state index contributed by atoms with van der Waals surface area (Å²) in [6.07, 6.45) is 10.6. The molecule has 33 heavy (non-hydrogen) atoms. The fourth-order valence-corrected chi connectivity index (χ4v) is 4.43. The quantitative estimate of drug-likeness (QED) is 0.588. The molecule has 1 aliphatic carbocycles. The number of hydrogen-bond donors (Lipinski definition) is 2. The molecule has 7 heteroatoms. The lowest BCUT2D eigenvalue weighted by molar-refractivity contribution is -0.147. The second-order valence-electron chi connectivity index (χ2n) is 9.23. The molecule has 2 heterocycles. The molecule has 1 aromatic carbocycles. The number of hydrogen-bond acceptors (Lipinski definition) is 6. The first-order valence-electron chi connectivity index (χ1n) is 11.5. The highest BCUT2D eigenvalue weighted by molar-refractivity contribution is 5.72. The Kier molecular flexibility index (Phi) is 6.91. The number of carboxylic acid groups (broad SMARTS) is 1. The molecule has 0 saturated carbocycles. The largest absolute Gasteiger partial charge is 0.481 e. The second-order valence-corrected chi connectivity index (χ2v) is 9.23.